The molecule has 0 radical (unpaired) electrons. The maximum atomic E-state index is 4.70. The van der Waals surface area contributed by atoms with Crippen molar-refractivity contribution in [3.8, 4) is 11.1 Å². The molecule has 0 saturated heterocycles. The van der Waals surface area contributed by atoms with Crippen LogP contribution in [-0.2, 0) is 6.54 Å². The van der Waals surface area contributed by atoms with Crippen LogP contribution in [0.2, 0.25) is 0 Å². The van der Waals surface area contributed by atoms with Crippen molar-refractivity contribution in [3.63, 3.8) is 0 Å². The Bertz CT molecular complexity index is 782. The highest BCUT2D eigenvalue weighted by molar-refractivity contribution is 5.98. The molecule has 23 heavy (non-hydrogen) atoms. The molecule has 0 spiro atoms. The quantitative estimate of drug-likeness (QED) is 0.550. The van der Waals surface area contributed by atoms with Crippen LogP contribution >= 0.6 is 0 Å². The Labute approximate surface area is 138 Å². The van der Waals surface area contributed by atoms with Gasteiger partial charge in [0.05, 0.1) is 6.54 Å². The van der Waals surface area contributed by atoms with Crippen LogP contribution < -0.4 is 0 Å². The zero-order valence-electron chi connectivity index (χ0n) is 13.7. The molecular formula is C22H21N. The van der Waals surface area contributed by atoms with Crippen LogP contribution in [0.1, 0.15) is 23.6 Å². The maximum Gasteiger partial charge on any atom is 0.0643 e. The predicted molar refractivity (Wildman–Crippen MR) is 99.0 cm³/mol. The van der Waals surface area contributed by atoms with Crippen molar-refractivity contribution >= 4 is 5.71 Å². The van der Waals surface area contributed by atoms with E-state index in [2.05, 4.69) is 74.5 Å². The molecule has 0 aliphatic rings. The molecule has 3 aromatic rings. The van der Waals surface area contributed by atoms with Crippen molar-refractivity contribution < 1.29 is 0 Å². The van der Waals surface area contributed by atoms with Crippen LogP contribution in [0, 0.1) is 6.92 Å². The average molecular weight is 299 g/mol. The smallest absolute Gasteiger partial charge is 0.0643 e. The molecule has 0 N–H and O–H groups in total. The van der Waals surface area contributed by atoms with E-state index in [-0.39, 0.29) is 0 Å². The van der Waals surface area contributed by atoms with E-state index in [0.717, 1.165) is 12.3 Å². The van der Waals surface area contributed by atoms with E-state index in [9.17, 15) is 0 Å². The summed E-state index contributed by atoms with van der Waals surface area (Å²) >= 11 is 0. The van der Waals surface area contributed by atoms with Gasteiger partial charge >= 0.3 is 0 Å². The molecule has 114 valence electrons. The number of aliphatic imine (C=N–C) groups is 1. The highest BCUT2D eigenvalue weighted by Gasteiger charge is 1.99. The largest absolute Gasteiger partial charge is 0.285 e. The molecule has 1 heteroatoms. The van der Waals surface area contributed by atoms with E-state index in [1.807, 2.05) is 18.2 Å². The minimum Gasteiger partial charge on any atom is -0.285 e. The number of hydrogen-bond donors (Lipinski definition) is 0. The van der Waals surface area contributed by atoms with Gasteiger partial charge in [0.1, 0.15) is 0 Å². The third-order valence-electron chi connectivity index (χ3n) is 4.03. The van der Waals surface area contributed by atoms with Gasteiger partial charge in [0.25, 0.3) is 0 Å². The average Bonchev–Trinajstić information content (AvgIpc) is 2.61. The molecule has 3 aromatic carbocycles. The van der Waals surface area contributed by atoms with Crippen LogP contribution in [0.3, 0.4) is 0 Å². The topological polar surface area (TPSA) is 12.4 Å². The third-order valence-corrected chi connectivity index (χ3v) is 4.03. The number of benzene rings is 3. The molecule has 1 nitrogen and oxygen atoms in total. The Morgan fingerprint density at radius 1 is 0.739 bits per heavy atom. The van der Waals surface area contributed by atoms with Gasteiger partial charge in [-0.2, -0.15) is 0 Å². The molecule has 0 unspecified atom stereocenters. The molecule has 0 aromatic heterocycles. The van der Waals surface area contributed by atoms with Gasteiger partial charge in [-0.25, -0.2) is 0 Å². The molecule has 0 heterocycles. The Kier molecular flexibility index (Phi) is 4.68. The van der Waals surface area contributed by atoms with Crippen molar-refractivity contribution in [1.29, 1.82) is 0 Å². The molecule has 0 bridgehead atoms. The highest BCUT2D eigenvalue weighted by atomic mass is 14.7. The summed E-state index contributed by atoms with van der Waals surface area (Å²) in [5.74, 6) is 0. The second-order valence-corrected chi connectivity index (χ2v) is 5.83. The van der Waals surface area contributed by atoms with E-state index in [1.54, 1.807) is 0 Å². The minimum atomic E-state index is 0.717. The molecule has 3 rings (SSSR count). The van der Waals surface area contributed by atoms with Crippen LogP contribution in [-0.4, -0.2) is 5.71 Å². The first-order valence-corrected chi connectivity index (χ1v) is 7.95. The number of aryl methyl sites for hydroxylation is 1. The second-order valence-electron chi connectivity index (χ2n) is 5.83. The first-order valence-electron chi connectivity index (χ1n) is 7.95. The fraction of sp³-hybridized carbons (Fsp3) is 0.136. The third kappa shape index (κ3) is 3.95. The summed E-state index contributed by atoms with van der Waals surface area (Å²) in [5, 5.41) is 0. The number of rotatable bonds is 4. The van der Waals surface area contributed by atoms with Crippen molar-refractivity contribution in [3.05, 3.63) is 95.6 Å². The number of hydrogen-bond acceptors (Lipinski definition) is 1. The van der Waals surface area contributed by atoms with E-state index in [4.69, 9.17) is 4.99 Å². The lowest BCUT2D eigenvalue weighted by Crippen LogP contribution is -1.95. The van der Waals surface area contributed by atoms with E-state index >= 15 is 0 Å². The molecule has 0 amide bonds. The summed E-state index contributed by atoms with van der Waals surface area (Å²) in [6.45, 7) is 4.89. The lowest BCUT2D eigenvalue weighted by atomic mass is 10.0. The van der Waals surface area contributed by atoms with E-state index in [1.165, 1.54) is 27.8 Å². The molecule has 0 saturated carbocycles. The fourth-order valence-corrected chi connectivity index (χ4v) is 2.53. The minimum absolute atomic E-state index is 0.717. The Morgan fingerprint density at radius 2 is 1.30 bits per heavy atom. The molecule has 0 aliphatic heterocycles. The summed E-state index contributed by atoms with van der Waals surface area (Å²) in [7, 11) is 0. The van der Waals surface area contributed by atoms with Gasteiger partial charge in [-0.1, -0.05) is 84.4 Å². The Morgan fingerprint density at radius 3 is 1.91 bits per heavy atom. The standard InChI is InChI=1S/C22H21N/c1-17-8-12-21(13-9-17)22-14-10-19(11-15-22)16-23-18(2)20-6-4-3-5-7-20/h3-15H,16H2,1-2H3/b23-18+. The summed E-state index contributed by atoms with van der Waals surface area (Å²) in [6, 6.07) is 27.6. The SMILES string of the molecule is C/C(=N\Cc1ccc(-c2ccc(C)cc2)cc1)c1ccccc1. The molecule has 0 fully saturated rings. The Balaban J connectivity index is 1.71. The highest BCUT2D eigenvalue weighted by Crippen LogP contribution is 2.20. The predicted octanol–water partition coefficient (Wildman–Crippen LogP) is 5.67. The normalized spacial score (nSPS) is 11.5. The van der Waals surface area contributed by atoms with Gasteiger partial charge in [-0.15, -0.1) is 0 Å². The summed E-state index contributed by atoms with van der Waals surface area (Å²) < 4.78 is 0. The van der Waals surface area contributed by atoms with Crippen molar-refractivity contribution in [1.82, 2.24) is 0 Å². The van der Waals surface area contributed by atoms with E-state index in [0.29, 0.717) is 0 Å². The summed E-state index contributed by atoms with van der Waals surface area (Å²) in [4.78, 5) is 4.70. The Hall–Kier alpha value is -2.67. The van der Waals surface area contributed by atoms with Crippen LogP contribution in [0.5, 0.6) is 0 Å². The van der Waals surface area contributed by atoms with Gasteiger partial charge in [0.2, 0.25) is 0 Å². The van der Waals surface area contributed by atoms with Crippen LogP contribution in [0.4, 0.5) is 0 Å². The van der Waals surface area contributed by atoms with Crippen molar-refractivity contribution in [2.45, 2.75) is 20.4 Å². The maximum absolute atomic E-state index is 4.70. The molecule has 0 atom stereocenters. The van der Waals surface area contributed by atoms with Gasteiger partial charge < -0.3 is 0 Å². The lowest BCUT2D eigenvalue weighted by molar-refractivity contribution is 1.07. The summed E-state index contributed by atoms with van der Waals surface area (Å²) in [5.41, 5.74) is 7.29. The van der Waals surface area contributed by atoms with Crippen LogP contribution in [0.25, 0.3) is 11.1 Å². The zero-order chi connectivity index (χ0) is 16.1. The van der Waals surface area contributed by atoms with Crippen LogP contribution in [0.15, 0.2) is 83.9 Å². The first-order chi connectivity index (χ1) is 11.2. The summed E-state index contributed by atoms with van der Waals surface area (Å²) in [6.07, 6.45) is 0. The zero-order valence-corrected chi connectivity index (χ0v) is 13.7. The monoisotopic (exact) mass is 299 g/mol. The molecular weight excluding hydrogens is 278 g/mol. The fourth-order valence-electron chi connectivity index (χ4n) is 2.53. The first kappa shape index (κ1) is 15.2. The van der Waals surface area contributed by atoms with Crippen molar-refractivity contribution in [2.24, 2.45) is 4.99 Å². The number of nitrogens with zero attached hydrogens (tertiary/aromatic N) is 1. The second kappa shape index (κ2) is 7.06. The van der Waals surface area contributed by atoms with E-state index < -0.39 is 0 Å². The van der Waals surface area contributed by atoms with Gasteiger partial charge in [-0.3, -0.25) is 4.99 Å². The molecule has 0 aliphatic carbocycles. The van der Waals surface area contributed by atoms with Gasteiger partial charge in [0, 0.05) is 5.71 Å². The van der Waals surface area contributed by atoms with Crippen molar-refractivity contribution in [2.75, 3.05) is 0 Å². The van der Waals surface area contributed by atoms with Gasteiger partial charge in [-0.05, 0) is 36.1 Å². The van der Waals surface area contributed by atoms with Gasteiger partial charge in [0.15, 0.2) is 0 Å². The lowest BCUT2D eigenvalue weighted by Gasteiger charge is -2.05.